The first-order valence-corrected chi connectivity index (χ1v) is 7.71. The molecule has 2 unspecified atom stereocenters. The van der Waals surface area contributed by atoms with Gasteiger partial charge in [0.1, 0.15) is 0 Å². The molecule has 4 heteroatoms. The van der Waals surface area contributed by atoms with Gasteiger partial charge in [-0.05, 0) is 50.7 Å². The van der Waals surface area contributed by atoms with E-state index in [1.165, 1.54) is 0 Å². The summed E-state index contributed by atoms with van der Waals surface area (Å²) in [4.78, 5) is 22.9. The summed E-state index contributed by atoms with van der Waals surface area (Å²) < 4.78 is 0. The average molecular weight is 306 g/mol. The molecule has 0 aromatic heterocycles. The van der Waals surface area contributed by atoms with Crippen molar-refractivity contribution in [3.63, 3.8) is 0 Å². The van der Waals surface area contributed by atoms with Crippen LogP contribution in [0.25, 0.3) is 0 Å². The minimum Gasteiger partial charge on any atom is -0.481 e. The summed E-state index contributed by atoms with van der Waals surface area (Å²) in [5.41, 5.74) is 0.292. The van der Waals surface area contributed by atoms with Gasteiger partial charge >= 0.3 is 11.9 Å². The van der Waals surface area contributed by atoms with Gasteiger partial charge in [-0.3, -0.25) is 9.59 Å². The SMILES string of the molecule is CCC(C)(Cc1cccc(CC(C)(CC)C(=O)O)c1)C(=O)O. The minimum absolute atomic E-state index is 0.447. The molecule has 1 aromatic rings. The van der Waals surface area contributed by atoms with E-state index in [1.54, 1.807) is 13.8 Å². The first kappa shape index (κ1) is 18.2. The highest BCUT2D eigenvalue weighted by Crippen LogP contribution is 2.30. The summed E-state index contributed by atoms with van der Waals surface area (Å²) in [5.74, 6) is -1.60. The van der Waals surface area contributed by atoms with Gasteiger partial charge in [-0.25, -0.2) is 0 Å². The van der Waals surface area contributed by atoms with Crippen LogP contribution in [0, 0.1) is 10.8 Å². The molecule has 0 aliphatic carbocycles. The van der Waals surface area contributed by atoms with E-state index in [1.807, 2.05) is 38.1 Å². The second-order valence-electron chi connectivity index (χ2n) is 6.61. The molecule has 0 aliphatic heterocycles. The van der Waals surface area contributed by atoms with Crippen LogP contribution >= 0.6 is 0 Å². The van der Waals surface area contributed by atoms with E-state index in [2.05, 4.69) is 0 Å². The molecule has 0 spiro atoms. The zero-order valence-corrected chi connectivity index (χ0v) is 13.8. The van der Waals surface area contributed by atoms with Crippen LogP contribution in [0.3, 0.4) is 0 Å². The number of hydrogen-bond donors (Lipinski definition) is 2. The quantitative estimate of drug-likeness (QED) is 0.766. The maximum absolute atomic E-state index is 11.4. The van der Waals surface area contributed by atoms with Crippen molar-refractivity contribution in [3.8, 4) is 0 Å². The predicted molar refractivity (Wildman–Crippen MR) is 85.9 cm³/mol. The molecule has 0 bridgehead atoms. The Hall–Kier alpha value is -1.84. The van der Waals surface area contributed by atoms with Crippen LogP contribution in [0.5, 0.6) is 0 Å². The molecule has 0 radical (unpaired) electrons. The highest BCUT2D eigenvalue weighted by Gasteiger charge is 2.33. The fraction of sp³-hybridized carbons (Fsp3) is 0.556. The number of carboxylic acid groups (broad SMARTS) is 2. The van der Waals surface area contributed by atoms with Gasteiger partial charge < -0.3 is 10.2 Å². The molecule has 2 N–H and O–H groups in total. The van der Waals surface area contributed by atoms with Crippen molar-refractivity contribution in [3.05, 3.63) is 35.4 Å². The lowest BCUT2D eigenvalue weighted by Crippen LogP contribution is -2.30. The largest absolute Gasteiger partial charge is 0.481 e. The third-order valence-electron chi connectivity index (χ3n) is 4.77. The molecule has 0 aliphatic rings. The molecule has 0 saturated heterocycles. The number of benzene rings is 1. The number of hydrogen-bond acceptors (Lipinski definition) is 2. The van der Waals surface area contributed by atoms with E-state index in [-0.39, 0.29) is 0 Å². The lowest BCUT2D eigenvalue weighted by atomic mass is 9.79. The lowest BCUT2D eigenvalue weighted by Gasteiger charge is -2.25. The van der Waals surface area contributed by atoms with Crippen molar-refractivity contribution in [1.82, 2.24) is 0 Å². The second kappa shape index (κ2) is 6.95. The van der Waals surface area contributed by atoms with Crippen molar-refractivity contribution in [2.75, 3.05) is 0 Å². The Morgan fingerprint density at radius 2 is 1.27 bits per heavy atom. The minimum atomic E-state index is -0.802. The molecule has 0 heterocycles. The molecule has 1 rings (SSSR count). The average Bonchev–Trinajstić information content (AvgIpc) is 2.46. The molecule has 122 valence electrons. The van der Waals surface area contributed by atoms with Gasteiger partial charge in [-0.15, -0.1) is 0 Å². The standard InChI is InChI=1S/C18H26O4/c1-5-17(3,15(19)20)11-13-8-7-9-14(10-13)12-18(4,6-2)16(21)22/h7-10H,5-6,11-12H2,1-4H3,(H,19,20)(H,21,22). The Morgan fingerprint density at radius 3 is 1.55 bits per heavy atom. The zero-order valence-electron chi connectivity index (χ0n) is 13.8. The third kappa shape index (κ3) is 4.09. The Kier molecular flexibility index (Phi) is 5.75. The topological polar surface area (TPSA) is 74.6 Å². The van der Waals surface area contributed by atoms with E-state index in [0.29, 0.717) is 25.7 Å². The van der Waals surface area contributed by atoms with E-state index in [4.69, 9.17) is 0 Å². The maximum Gasteiger partial charge on any atom is 0.309 e. The summed E-state index contributed by atoms with van der Waals surface area (Å²) in [6.07, 6.45) is 1.99. The van der Waals surface area contributed by atoms with E-state index < -0.39 is 22.8 Å². The van der Waals surface area contributed by atoms with Gasteiger partial charge in [0, 0.05) is 0 Å². The van der Waals surface area contributed by atoms with Gasteiger partial charge in [0.25, 0.3) is 0 Å². The first-order chi connectivity index (χ1) is 10.2. The molecular weight excluding hydrogens is 280 g/mol. The normalized spacial score (nSPS) is 16.5. The maximum atomic E-state index is 11.4. The van der Waals surface area contributed by atoms with Crippen LogP contribution in [-0.2, 0) is 22.4 Å². The van der Waals surface area contributed by atoms with Crippen LogP contribution in [0.15, 0.2) is 24.3 Å². The van der Waals surface area contributed by atoms with Crippen LogP contribution < -0.4 is 0 Å². The van der Waals surface area contributed by atoms with E-state index in [9.17, 15) is 19.8 Å². The van der Waals surface area contributed by atoms with E-state index in [0.717, 1.165) is 11.1 Å². The molecule has 2 atom stereocenters. The van der Waals surface area contributed by atoms with Gasteiger partial charge in [-0.1, -0.05) is 38.1 Å². The Balaban J connectivity index is 3.00. The molecule has 0 fully saturated rings. The van der Waals surface area contributed by atoms with Crippen LogP contribution in [0.2, 0.25) is 0 Å². The molecule has 0 saturated carbocycles. The van der Waals surface area contributed by atoms with Gasteiger partial charge in [0.15, 0.2) is 0 Å². The summed E-state index contributed by atoms with van der Waals surface area (Å²) in [6.45, 7) is 7.23. The molecule has 1 aromatic carbocycles. The highest BCUT2D eigenvalue weighted by atomic mass is 16.4. The Morgan fingerprint density at radius 1 is 0.909 bits per heavy atom. The summed E-state index contributed by atoms with van der Waals surface area (Å²) in [5, 5.41) is 18.8. The van der Waals surface area contributed by atoms with Crippen molar-refractivity contribution in [2.24, 2.45) is 10.8 Å². The van der Waals surface area contributed by atoms with Gasteiger partial charge in [-0.2, -0.15) is 0 Å². The Labute approximate surface area is 132 Å². The van der Waals surface area contributed by atoms with Crippen molar-refractivity contribution in [2.45, 2.75) is 53.4 Å². The number of carbonyl (C=O) groups is 2. The number of carboxylic acids is 2. The third-order valence-corrected chi connectivity index (χ3v) is 4.77. The second-order valence-corrected chi connectivity index (χ2v) is 6.61. The lowest BCUT2D eigenvalue weighted by molar-refractivity contribution is -0.148. The van der Waals surface area contributed by atoms with Gasteiger partial charge in [0.05, 0.1) is 10.8 Å². The van der Waals surface area contributed by atoms with Crippen LogP contribution in [0.1, 0.15) is 51.7 Å². The molecule has 22 heavy (non-hydrogen) atoms. The monoisotopic (exact) mass is 306 g/mol. The fourth-order valence-corrected chi connectivity index (χ4v) is 2.45. The van der Waals surface area contributed by atoms with Crippen molar-refractivity contribution >= 4 is 11.9 Å². The van der Waals surface area contributed by atoms with Gasteiger partial charge in [0.2, 0.25) is 0 Å². The first-order valence-electron chi connectivity index (χ1n) is 7.71. The van der Waals surface area contributed by atoms with Crippen molar-refractivity contribution < 1.29 is 19.8 Å². The molecular formula is C18H26O4. The molecule has 4 nitrogen and oxygen atoms in total. The Bertz CT molecular complexity index is 507. The summed E-state index contributed by atoms with van der Waals surface area (Å²) >= 11 is 0. The van der Waals surface area contributed by atoms with Crippen LogP contribution in [0.4, 0.5) is 0 Å². The highest BCUT2D eigenvalue weighted by molar-refractivity contribution is 5.75. The molecule has 0 amide bonds. The summed E-state index contributed by atoms with van der Waals surface area (Å²) in [7, 11) is 0. The summed E-state index contributed by atoms with van der Waals surface area (Å²) in [6, 6.07) is 7.63. The number of rotatable bonds is 8. The predicted octanol–water partition coefficient (Wildman–Crippen LogP) is 3.77. The fourth-order valence-electron chi connectivity index (χ4n) is 2.45. The van der Waals surface area contributed by atoms with Crippen LogP contribution in [-0.4, -0.2) is 22.2 Å². The van der Waals surface area contributed by atoms with E-state index >= 15 is 0 Å². The van der Waals surface area contributed by atoms with Crippen molar-refractivity contribution in [1.29, 1.82) is 0 Å². The number of aliphatic carboxylic acids is 2. The smallest absolute Gasteiger partial charge is 0.309 e. The zero-order chi connectivity index (χ0) is 17.0.